The van der Waals surface area contributed by atoms with E-state index in [-0.39, 0.29) is 5.41 Å². The zero-order valence-electron chi connectivity index (χ0n) is 19.7. The third-order valence-electron chi connectivity index (χ3n) is 6.81. The lowest BCUT2D eigenvalue weighted by Gasteiger charge is -2.48. The lowest BCUT2D eigenvalue weighted by atomic mass is 9.56. The number of rotatable bonds is 9. The molecule has 2 unspecified atom stereocenters. The van der Waals surface area contributed by atoms with Crippen molar-refractivity contribution in [1.29, 1.82) is 0 Å². The van der Waals surface area contributed by atoms with Crippen LogP contribution in [0.4, 0.5) is 0 Å². The summed E-state index contributed by atoms with van der Waals surface area (Å²) >= 11 is 0. The van der Waals surface area contributed by atoms with Crippen LogP contribution in [0.25, 0.3) is 0 Å². The van der Waals surface area contributed by atoms with Gasteiger partial charge in [0.2, 0.25) is 0 Å². The molecule has 1 aliphatic rings. The summed E-state index contributed by atoms with van der Waals surface area (Å²) in [5.74, 6) is 3.01. The second-order valence-corrected chi connectivity index (χ2v) is 10.1. The van der Waals surface area contributed by atoms with Crippen molar-refractivity contribution in [1.82, 2.24) is 0 Å². The van der Waals surface area contributed by atoms with E-state index in [2.05, 4.69) is 77.3 Å². The van der Waals surface area contributed by atoms with Crippen LogP contribution in [0.1, 0.15) is 58.1 Å². The van der Waals surface area contributed by atoms with Crippen LogP contribution < -0.4 is 9.47 Å². The number of benzene rings is 2. The molecule has 0 heterocycles. The zero-order chi connectivity index (χ0) is 22.5. The van der Waals surface area contributed by atoms with Crippen molar-refractivity contribution < 1.29 is 9.47 Å². The molecular formula is C29H38O2. The van der Waals surface area contributed by atoms with Crippen LogP contribution in [-0.2, 0) is 5.41 Å². The Morgan fingerprint density at radius 2 is 1.45 bits per heavy atom. The van der Waals surface area contributed by atoms with Crippen molar-refractivity contribution in [2.24, 2.45) is 17.3 Å². The summed E-state index contributed by atoms with van der Waals surface area (Å²) in [4.78, 5) is 0. The third kappa shape index (κ3) is 5.42. The Hall–Kier alpha value is -2.48. The van der Waals surface area contributed by atoms with Gasteiger partial charge in [0.1, 0.15) is 24.7 Å². The first kappa shape index (κ1) is 23.2. The van der Waals surface area contributed by atoms with E-state index < -0.39 is 0 Å². The van der Waals surface area contributed by atoms with Gasteiger partial charge in [-0.15, -0.1) is 0 Å². The molecule has 2 nitrogen and oxygen atoms in total. The molecule has 0 saturated heterocycles. The fraction of sp³-hybridized carbons (Fsp3) is 0.448. The predicted octanol–water partition coefficient (Wildman–Crippen LogP) is 7.58. The predicted molar refractivity (Wildman–Crippen MR) is 131 cm³/mol. The van der Waals surface area contributed by atoms with E-state index in [4.69, 9.17) is 9.47 Å². The minimum Gasteiger partial charge on any atom is -0.490 e. The maximum atomic E-state index is 5.90. The lowest BCUT2D eigenvalue weighted by Crippen LogP contribution is -2.41. The third-order valence-corrected chi connectivity index (χ3v) is 6.81. The van der Waals surface area contributed by atoms with E-state index in [9.17, 15) is 0 Å². The van der Waals surface area contributed by atoms with E-state index in [1.165, 1.54) is 30.4 Å². The average Bonchev–Trinajstić information content (AvgIpc) is 2.74. The second-order valence-electron chi connectivity index (χ2n) is 10.1. The first-order chi connectivity index (χ1) is 14.8. The van der Waals surface area contributed by atoms with E-state index in [0.717, 1.165) is 11.5 Å². The minimum absolute atomic E-state index is 0.146. The van der Waals surface area contributed by atoms with Gasteiger partial charge in [-0.3, -0.25) is 0 Å². The van der Waals surface area contributed by atoms with Gasteiger partial charge in [0, 0.05) is 5.41 Å². The quantitative estimate of drug-likeness (QED) is 0.391. The molecule has 1 aliphatic carbocycles. The van der Waals surface area contributed by atoms with E-state index >= 15 is 0 Å². The molecule has 0 N–H and O–H groups in total. The van der Waals surface area contributed by atoms with Crippen molar-refractivity contribution in [3.63, 3.8) is 0 Å². The SMILES string of the molecule is C=CCOc1cccc(C(C)(c2cccc(OCC=C)c2)C2CC(C)CC(C)(C)C2)c1. The lowest BCUT2D eigenvalue weighted by molar-refractivity contribution is 0.0961. The Morgan fingerprint density at radius 3 is 1.90 bits per heavy atom. The summed E-state index contributed by atoms with van der Waals surface area (Å²) in [6.45, 7) is 18.2. The van der Waals surface area contributed by atoms with Gasteiger partial charge in [0.25, 0.3) is 0 Å². The van der Waals surface area contributed by atoms with Crippen molar-refractivity contribution in [3.8, 4) is 11.5 Å². The summed E-state index contributed by atoms with van der Waals surface area (Å²) in [5.41, 5.74) is 2.78. The van der Waals surface area contributed by atoms with Crippen molar-refractivity contribution in [2.45, 2.75) is 52.4 Å². The molecule has 0 amide bonds. The fourth-order valence-corrected chi connectivity index (χ4v) is 5.55. The second kappa shape index (κ2) is 9.77. The van der Waals surface area contributed by atoms with Crippen molar-refractivity contribution >= 4 is 0 Å². The monoisotopic (exact) mass is 418 g/mol. The van der Waals surface area contributed by atoms with Gasteiger partial charge in [-0.2, -0.15) is 0 Å². The first-order valence-corrected chi connectivity index (χ1v) is 11.5. The topological polar surface area (TPSA) is 18.5 Å². The molecule has 0 radical (unpaired) electrons. The van der Waals surface area contributed by atoms with Gasteiger partial charge in [-0.05, 0) is 71.9 Å². The van der Waals surface area contributed by atoms with Crippen molar-refractivity contribution in [3.05, 3.63) is 85.0 Å². The largest absolute Gasteiger partial charge is 0.490 e. The summed E-state index contributed by atoms with van der Waals surface area (Å²) in [5, 5.41) is 0. The van der Waals surface area contributed by atoms with Gasteiger partial charge in [0.15, 0.2) is 0 Å². The van der Waals surface area contributed by atoms with Gasteiger partial charge < -0.3 is 9.47 Å². The highest BCUT2D eigenvalue weighted by molar-refractivity contribution is 5.45. The molecule has 0 bridgehead atoms. The van der Waals surface area contributed by atoms with Gasteiger partial charge in [-0.1, -0.05) is 77.3 Å². The van der Waals surface area contributed by atoms with Crippen LogP contribution in [0, 0.1) is 17.3 Å². The Morgan fingerprint density at radius 1 is 0.935 bits per heavy atom. The smallest absolute Gasteiger partial charge is 0.120 e. The molecule has 0 aliphatic heterocycles. The molecule has 2 aromatic rings. The maximum Gasteiger partial charge on any atom is 0.120 e. The standard InChI is InChI=1S/C29H38O2/c1-7-15-30-26-13-9-11-23(18-26)29(6,25-17-22(3)20-28(4,5)21-25)24-12-10-14-27(19-24)31-16-8-2/h7-14,18-19,22,25H,1-2,15-17,20-21H2,3-6H3. The summed E-state index contributed by atoms with van der Waals surface area (Å²) < 4.78 is 11.8. The molecule has 2 aromatic carbocycles. The number of ether oxygens (including phenoxy) is 2. The van der Waals surface area contributed by atoms with E-state index in [1.807, 2.05) is 12.1 Å². The summed E-state index contributed by atoms with van der Waals surface area (Å²) in [6.07, 6.45) is 7.28. The molecule has 1 fully saturated rings. The van der Waals surface area contributed by atoms with Crippen LogP contribution in [0.15, 0.2) is 73.8 Å². The van der Waals surface area contributed by atoms with E-state index in [1.54, 1.807) is 12.2 Å². The number of hydrogen-bond donors (Lipinski definition) is 0. The molecule has 0 spiro atoms. The molecule has 166 valence electrons. The molecule has 0 aromatic heterocycles. The Bertz CT molecular complexity index is 840. The van der Waals surface area contributed by atoms with E-state index in [0.29, 0.717) is 30.5 Å². The minimum atomic E-state index is -0.146. The Balaban J connectivity index is 2.10. The highest BCUT2D eigenvalue weighted by Crippen LogP contribution is 2.52. The molecule has 2 atom stereocenters. The molecule has 2 heteroatoms. The molecule has 31 heavy (non-hydrogen) atoms. The highest BCUT2D eigenvalue weighted by atomic mass is 16.5. The Labute approximate surface area is 189 Å². The van der Waals surface area contributed by atoms with Crippen LogP contribution in [0.3, 0.4) is 0 Å². The van der Waals surface area contributed by atoms with Crippen LogP contribution in [-0.4, -0.2) is 13.2 Å². The first-order valence-electron chi connectivity index (χ1n) is 11.5. The Kier molecular flexibility index (Phi) is 7.30. The molecule has 3 rings (SSSR count). The van der Waals surface area contributed by atoms with Crippen LogP contribution in [0.5, 0.6) is 11.5 Å². The van der Waals surface area contributed by atoms with Crippen molar-refractivity contribution in [2.75, 3.05) is 13.2 Å². The van der Waals surface area contributed by atoms with Gasteiger partial charge >= 0.3 is 0 Å². The normalized spacial score (nSPS) is 20.6. The zero-order valence-corrected chi connectivity index (χ0v) is 19.7. The molecule has 1 saturated carbocycles. The van der Waals surface area contributed by atoms with Crippen LogP contribution in [0.2, 0.25) is 0 Å². The summed E-state index contributed by atoms with van der Waals surface area (Å²) in [6, 6.07) is 17.2. The number of hydrogen-bond acceptors (Lipinski definition) is 2. The highest BCUT2D eigenvalue weighted by Gasteiger charge is 2.44. The average molecular weight is 419 g/mol. The summed E-state index contributed by atoms with van der Waals surface area (Å²) in [7, 11) is 0. The van der Waals surface area contributed by atoms with Gasteiger partial charge in [0.05, 0.1) is 0 Å². The van der Waals surface area contributed by atoms with Gasteiger partial charge in [-0.25, -0.2) is 0 Å². The van der Waals surface area contributed by atoms with Crippen LogP contribution >= 0.6 is 0 Å². The molecular weight excluding hydrogens is 380 g/mol. The maximum absolute atomic E-state index is 5.90. The fourth-order valence-electron chi connectivity index (χ4n) is 5.55.